The minimum absolute atomic E-state index is 0.0229. The zero-order valence-corrected chi connectivity index (χ0v) is 8.64. The number of hydrogen-bond acceptors (Lipinski definition) is 5. The van der Waals surface area contributed by atoms with Crippen molar-refractivity contribution in [1.82, 2.24) is 20.1 Å². The molecule has 0 aromatic carbocycles. The van der Waals surface area contributed by atoms with Crippen LogP contribution >= 0.6 is 0 Å². The van der Waals surface area contributed by atoms with Crippen molar-refractivity contribution in [2.75, 3.05) is 19.8 Å². The maximum Gasteiger partial charge on any atom is 0.246 e. The van der Waals surface area contributed by atoms with Crippen LogP contribution in [-0.4, -0.2) is 40.4 Å². The Kier molecular flexibility index (Phi) is 4.72. The highest BCUT2D eigenvalue weighted by Gasteiger charge is 2.04. The lowest BCUT2D eigenvalue weighted by atomic mass is 10.5. The maximum absolute atomic E-state index is 11.2. The van der Waals surface area contributed by atoms with E-state index in [1.165, 1.54) is 0 Å². The number of nitrogens with two attached hydrogens (primary N) is 1. The number of carbonyl (C=O) groups is 1. The van der Waals surface area contributed by atoms with Gasteiger partial charge < -0.3 is 20.4 Å². The molecule has 1 heterocycles. The van der Waals surface area contributed by atoms with Crippen LogP contribution in [0, 0.1) is 0 Å². The summed E-state index contributed by atoms with van der Waals surface area (Å²) in [5.74, 6) is 0.508. The lowest BCUT2D eigenvalue weighted by Crippen LogP contribution is -2.29. The molecule has 0 radical (unpaired) electrons. The summed E-state index contributed by atoms with van der Waals surface area (Å²) in [5.41, 5.74) is 5.21. The number of amides is 1. The van der Waals surface area contributed by atoms with Gasteiger partial charge in [-0.2, -0.15) is 0 Å². The topological polar surface area (TPSA) is 95.1 Å². The van der Waals surface area contributed by atoms with Crippen LogP contribution in [-0.2, 0) is 23.1 Å². The fraction of sp³-hybridized carbons (Fsp3) is 0.625. The van der Waals surface area contributed by atoms with Gasteiger partial charge in [-0.25, -0.2) is 0 Å². The number of carbonyl (C=O) groups excluding carboxylic acids is 1. The summed E-state index contributed by atoms with van der Waals surface area (Å²) < 4.78 is 6.70. The highest BCUT2D eigenvalue weighted by molar-refractivity contribution is 5.77. The van der Waals surface area contributed by atoms with Crippen molar-refractivity contribution >= 4 is 5.91 Å². The molecule has 3 N–H and O–H groups in total. The molecule has 0 aliphatic heterocycles. The Morgan fingerprint density at radius 2 is 2.53 bits per heavy atom. The summed E-state index contributed by atoms with van der Waals surface area (Å²) in [6.45, 7) is 1.17. The monoisotopic (exact) mass is 213 g/mol. The molecule has 0 aliphatic rings. The molecule has 1 rings (SSSR count). The lowest BCUT2D eigenvalue weighted by molar-refractivity contribution is -0.125. The van der Waals surface area contributed by atoms with Crippen molar-refractivity contribution in [2.45, 2.75) is 6.54 Å². The molecule has 0 atom stereocenters. The molecule has 84 valence electrons. The van der Waals surface area contributed by atoms with Gasteiger partial charge in [-0.3, -0.25) is 4.79 Å². The first kappa shape index (κ1) is 11.6. The van der Waals surface area contributed by atoms with Crippen LogP contribution in [0.2, 0.25) is 0 Å². The second-order valence-corrected chi connectivity index (χ2v) is 2.98. The van der Waals surface area contributed by atoms with E-state index in [0.29, 0.717) is 25.5 Å². The normalized spacial score (nSPS) is 10.3. The number of rotatable bonds is 6. The van der Waals surface area contributed by atoms with Crippen LogP contribution in [0.15, 0.2) is 6.33 Å². The molecule has 0 unspecified atom stereocenters. The molecule has 0 bridgehead atoms. The molecular formula is C8H15N5O2. The molecule has 0 saturated carbocycles. The van der Waals surface area contributed by atoms with E-state index in [0.717, 1.165) is 0 Å². The maximum atomic E-state index is 11.2. The number of aromatic nitrogens is 3. The predicted octanol–water partition coefficient (Wildman–Crippen LogP) is -1.59. The van der Waals surface area contributed by atoms with E-state index in [-0.39, 0.29) is 12.5 Å². The van der Waals surface area contributed by atoms with Crippen LogP contribution in [0.4, 0.5) is 0 Å². The highest BCUT2D eigenvalue weighted by atomic mass is 16.5. The van der Waals surface area contributed by atoms with Gasteiger partial charge in [-0.15, -0.1) is 10.2 Å². The van der Waals surface area contributed by atoms with E-state index in [1.54, 1.807) is 10.9 Å². The Balaban J connectivity index is 2.20. The fourth-order valence-electron chi connectivity index (χ4n) is 0.944. The van der Waals surface area contributed by atoms with Gasteiger partial charge in [0.05, 0.1) is 13.2 Å². The first-order valence-corrected chi connectivity index (χ1v) is 4.61. The molecule has 0 saturated heterocycles. The second kappa shape index (κ2) is 6.10. The number of ether oxygens (including phenoxy) is 1. The molecule has 0 spiro atoms. The first-order chi connectivity index (χ1) is 7.24. The SMILES string of the molecule is Cn1cnnc1CNC(=O)COCCN. The summed E-state index contributed by atoms with van der Waals surface area (Å²) in [7, 11) is 1.81. The molecule has 7 nitrogen and oxygen atoms in total. The summed E-state index contributed by atoms with van der Waals surface area (Å²) in [6, 6.07) is 0. The van der Waals surface area contributed by atoms with Gasteiger partial charge in [-0.05, 0) is 0 Å². The average Bonchev–Trinajstić information content (AvgIpc) is 2.61. The van der Waals surface area contributed by atoms with Gasteiger partial charge >= 0.3 is 0 Å². The van der Waals surface area contributed by atoms with E-state index in [2.05, 4.69) is 15.5 Å². The van der Waals surface area contributed by atoms with Gasteiger partial charge in [0.1, 0.15) is 12.9 Å². The molecule has 0 fully saturated rings. The molecular weight excluding hydrogens is 198 g/mol. The van der Waals surface area contributed by atoms with Crippen molar-refractivity contribution < 1.29 is 9.53 Å². The summed E-state index contributed by atoms with van der Waals surface area (Å²) in [6.07, 6.45) is 1.58. The summed E-state index contributed by atoms with van der Waals surface area (Å²) >= 11 is 0. The van der Waals surface area contributed by atoms with E-state index in [4.69, 9.17) is 10.5 Å². The van der Waals surface area contributed by atoms with Crippen LogP contribution in [0.3, 0.4) is 0 Å². The van der Waals surface area contributed by atoms with Gasteiger partial charge in [0.25, 0.3) is 0 Å². The summed E-state index contributed by atoms with van der Waals surface area (Å²) in [4.78, 5) is 11.2. The predicted molar refractivity (Wildman–Crippen MR) is 52.7 cm³/mol. The van der Waals surface area contributed by atoms with Gasteiger partial charge in [0.2, 0.25) is 5.91 Å². The van der Waals surface area contributed by atoms with E-state index in [1.807, 2.05) is 7.05 Å². The van der Waals surface area contributed by atoms with Crippen molar-refractivity contribution in [3.8, 4) is 0 Å². The van der Waals surface area contributed by atoms with E-state index in [9.17, 15) is 4.79 Å². The Morgan fingerprint density at radius 1 is 1.73 bits per heavy atom. The largest absolute Gasteiger partial charge is 0.370 e. The van der Waals surface area contributed by atoms with Crippen molar-refractivity contribution in [1.29, 1.82) is 0 Å². The second-order valence-electron chi connectivity index (χ2n) is 2.98. The van der Waals surface area contributed by atoms with Crippen LogP contribution in [0.1, 0.15) is 5.82 Å². The smallest absolute Gasteiger partial charge is 0.246 e. The van der Waals surface area contributed by atoms with E-state index >= 15 is 0 Å². The van der Waals surface area contributed by atoms with Gasteiger partial charge in [0.15, 0.2) is 5.82 Å². The van der Waals surface area contributed by atoms with Crippen molar-refractivity contribution in [2.24, 2.45) is 12.8 Å². The van der Waals surface area contributed by atoms with Crippen LogP contribution in [0.25, 0.3) is 0 Å². The first-order valence-electron chi connectivity index (χ1n) is 4.61. The minimum atomic E-state index is -0.188. The molecule has 1 amide bonds. The Labute approximate surface area is 87.6 Å². The Hall–Kier alpha value is -1.47. The standard InChI is InChI=1S/C8H15N5O2/c1-13-6-11-12-7(13)4-10-8(14)5-15-3-2-9/h6H,2-5,9H2,1H3,(H,10,14). The number of hydrogen-bond donors (Lipinski definition) is 2. The van der Waals surface area contributed by atoms with Crippen LogP contribution < -0.4 is 11.1 Å². The number of nitrogens with one attached hydrogen (secondary N) is 1. The van der Waals surface area contributed by atoms with E-state index < -0.39 is 0 Å². The van der Waals surface area contributed by atoms with Crippen LogP contribution in [0.5, 0.6) is 0 Å². The highest BCUT2D eigenvalue weighted by Crippen LogP contribution is 1.89. The molecule has 1 aromatic heterocycles. The molecule has 15 heavy (non-hydrogen) atoms. The zero-order chi connectivity index (χ0) is 11.1. The van der Waals surface area contributed by atoms with Gasteiger partial charge in [0, 0.05) is 13.6 Å². The Bertz CT molecular complexity index is 312. The third kappa shape index (κ3) is 4.05. The third-order valence-corrected chi connectivity index (χ3v) is 1.74. The minimum Gasteiger partial charge on any atom is -0.370 e. The fourth-order valence-corrected chi connectivity index (χ4v) is 0.944. The zero-order valence-electron chi connectivity index (χ0n) is 8.64. The number of nitrogens with zero attached hydrogens (tertiary/aromatic N) is 3. The van der Waals surface area contributed by atoms with Crippen molar-refractivity contribution in [3.63, 3.8) is 0 Å². The Morgan fingerprint density at radius 3 is 3.13 bits per heavy atom. The lowest BCUT2D eigenvalue weighted by Gasteiger charge is -2.04. The average molecular weight is 213 g/mol. The van der Waals surface area contributed by atoms with Crippen molar-refractivity contribution in [3.05, 3.63) is 12.2 Å². The molecule has 1 aromatic rings. The number of aryl methyl sites for hydroxylation is 1. The molecule has 7 heteroatoms. The molecule has 0 aliphatic carbocycles. The quantitative estimate of drug-likeness (QED) is 0.555. The summed E-state index contributed by atoms with van der Waals surface area (Å²) in [5, 5.41) is 10.2. The van der Waals surface area contributed by atoms with Gasteiger partial charge in [-0.1, -0.05) is 0 Å². The third-order valence-electron chi connectivity index (χ3n) is 1.74.